The van der Waals surface area contributed by atoms with Crippen LogP contribution in [0.25, 0.3) is 11.3 Å². The summed E-state index contributed by atoms with van der Waals surface area (Å²) in [6, 6.07) is 3.87. The number of carbonyl (C=O) groups is 1. The number of aromatic carboxylic acids is 1. The largest absolute Gasteiger partial charge is 0.477 e. The molecule has 6 heteroatoms. The first-order valence-corrected chi connectivity index (χ1v) is 5.53. The lowest BCUT2D eigenvalue weighted by Crippen LogP contribution is -2.09. The zero-order valence-electron chi connectivity index (χ0n) is 9.95. The van der Waals surface area contributed by atoms with E-state index in [1.54, 1.807) is 6.92 Å². The lowest BCUT2D eigenvalue weighted by Gasteiger charge is -2.10. The predicted octanol–water partition coefficient (Wildman–Crippen LogP) is 3.29. The average molecular weight is 269 g/mol. The van der Waals surface area contributed by atoms with Gasteiger partial charge in [-0.25, -0.2) is 18.0 Å². The van der Waals surface area contributed by atoms with Gasteiger partial charge in [0.15, 0.2) is 11.6 Å². The molecule has 0 amide bonds. The molecule has 0 fully saturated rings. The van der Waals surface area contributed by atoms with Crippen molar-refractivity contribution >= 4 is 5.97 Å². The number of benzene rings is 1. The second-order valence-electron chi connectivity index (χ2n) is 3.90. The minimum absolute atomic E-state index is 0.0680. The van der Waals surface area contributed by atoms with Crippen molar-refractivity contribution in [3.8, 4) is 11.3 Å². The summed E-state index contributed by atoms with van der Waals surface area (Å²) in [6.45, 7) is 1.89. The van der Waals surface area contributed by atoms with Crippen molar-refractivity contribution < 1.29 is 23.1 Å². The minimum Gasteiger partial charge on any atom is -0.477 e. The number of halogens is 3. The third-order valence-electron chi connectivity index (χ3n) is 2.78. The van der Waals surface area contributed by atoms with E-state index in [0.29, 0.717) is 6.07 Å². The molecule has 0 saturated heterocycles. The maximum Gasteiger partial charge on any atom is 0.352 e. The summed E-state index contributed by atoms with van der Waals surface area (Å²) in [5.41, 5.74) is -0.246. The molecular formula is C13H10F3NO2. The van der Waals surface area contributed by atoms with Crippen molar-refractivity contribution in [2.45, 2.75) is 13.5 Å². The predicted molar refractivity (Wildman–Crippen MR) is 62.4 cm³/mol. The molecule has 0 bridgehead atoms. The third kappa shape index (κ3) is 2.21. The van der Waals surface area contributed by atoms with Crippen LogP contribution in [0.2, 0.25) is 0 Å². The smallest absolute Gasteiger partial charge is 0.352 e. The highest BCUT2D eigenvalue weighted by molar-refractivity contribution is 5.87. The standard InChI is InChI=1S/C13H10F3NO2/c1-2-17-10(3-4-11(17)13(18)19)8-5-7(14)6-9(15)12(8)16/h3-6H,2H2,1H3,(H,18,19). The van der Waals surface area contributed by atoms with Gasteiger partial charge in [-0.05, 0) is 25.1 Å². The van der Waals surface area contributed by atoms with Crippen molar-refractivity contribution in [2.75, 3.05) is 0 Å². The maximum atomic E-state index is 13.7. The van der Waals surface area contributed by atoms with Crippen LogP contribution in [0.3, 0.4) is 0 Å². The molecule has 0 atom stereocenters. The van der Waals surface area contributed by atoms with Gasteiger partial charge in [0.1, 0.15) is 11.5 Å². The van der Waals surface area contributed by atoms with Crippen LogP contribution >= 0.6 is 0 Å². The molecule has 1 aromatic carbocycles. The summed E-state index contributed by atoms with van der Waals surface area (Å²) >= 11 is 0. The average Bonchev–Trinajstić information content (AvgIpc) is 2.77. The number of nitrogens with zero attached hydrogens (tertiary/aromatic N) is 1. The zero-order valence-corrected chi connectivity index (χ0v) is 9.95. The second-order valence-corrected chi connectivity index (χ2v) is 3.90. The maximum absolute atomic E-state index is 13.7. The Kier molecular flexibility index (Phi) is 3.33. The van der Waals surface area contributed by atoms with Crippen LogP contribution < -0.4 is 0 Å². The Bertz CT molecular complexity index is 650. The van der Waals surface area contributed by atoms with E-state index in [0.717, 1.165) is 6.07 Å². The summed E-state index contributed by atoms with van der Waals surface area (Å²) in [4.78, 5) is 11.0. The molecule has 2 rings (SSSR count). The number of rotatable bonds is 3. The molecule has 0 spiro atoms. The Morgan fingerprint density at radius 1 is 1.26 bits per heavy atom. The molecule has 1 heterocycles. The molecular weight excluding hydrogens is 259 g/mol. The van der Waals surface area contributed by atoms with Gasteiger partial charge in [0.25, 0.3) is 0 Å². The lowest BCUT2D eigenvalue weighted by atomic mass is 10.1. The fourth-order valence-corrected chi connectivity index (χ4v) is 1.97. The molecule has 0 aliphatic carbocycles. The molecule has 3 nitrogen and oxygen atoms in total. The molecule has 2 aromatic rings. The normalized spacial score (nSPS) is 10.7. The number of carboxylic acid groups (broad SMARTS) is 1. The van der Waals surface area contributed by atoms with Crippen molar-refractivity contribution in [3.63, 3.8) is 0 Å². The molecule has 0 unspecified atom stereocenters. The van der Waals surface area contributed by atoms with Crippen molar-refractivity contribution in [3.05, 3.63) is 47.4 Å². The summed E-state index contributed by atoms with van der Waals surface area (Å²) < 4.78 is 41.3. The highest BCUT2D eigenvalue weighted by atomic mass is 19.2. The fraction of sp³-hybridized carbons (Fsp3) is 0.154. The molecule has 0 aliphatic heterocycles. The Morgan fingerprint density at radius 2 is 1.95 bits per heavy atom. The summed E-state index contributed by atoms with van der Waals surface area (Å²) in [5, 5.41) is 8.97. The van der Waals surface area contributed by atoms with Crippen LogP contribution in [0.5, 0.6) is 0 Å². The molecule has 19 heavy (non-hydrogen) atoms. The Hall–Kier alpha value is -2.24. The van der Waals surface area contributed by atoms with Gasteiger partial charge in [-0.2, -0.15) is 0 Å². The first-order chi connectivity index (χ1) is 8.95. The van der Waals surface area contributed by atoms with Crippen molar-refractivity contribution in [2.24, 2.45) is 0 Å². The Labute approximate surface area is 106 Å². The highest BCUT2D eigenvalue weighted by Gasteiger charge is 2.19. The number of hydrogen-bond acceptors (Lipinski definition) is 1. The van der Waals surface area contributed by atoms with E-state index in [1.807, 2.05) is 0 Å². The van der Waals surface area contributed by atoms with Gasteiger partial charge in [-0.1, -0.05) is 0 Å². The SMILES string of the molecule is CCn1c(C(=O)O)ccc1-c1cc(F)cc(F)c1F. The summed E-state index contributed by atoms with van der Waals surface area (Å²) in [6.07, 6.45) is 0. The van der Waals surface area contributed by atoms with Crippen LogP contribution in [0.1, 0.15) is 17.4 Å². The van der Waals surface area contributed by atoms with Gasteiger partial charge >= 0.3 is 5.97 Å². The van der Waals surface area contributed by atoms with Crippen molar-refractivity contribution in [1.82, 2.24) is 4.57 Å². The van der Waals surface area contributed by atoms with Gasteiger partial charge in [-0.3, -0.25) is 0 Å². The first-order valence-electron chi connectivity index (χ1n) is 5.53. The van der Waals surface area contributed by atoms with Crippen LogP contribution in [0, 0.1) is 17.5 Å². The van der Waals surface area contributed by atoms with Gasteiger partial charge < -0.3 is 9.67 Å². The second kappa shape index (κ2) is 4.79. The minimum atomic E-state index is -1.31. The summed E-state index contributed by atoms with van der Waals surface area (Å²) in [7, 11) is 0. The van der Waals surface area contributed by atoms with Gasteiger partial charge in [0.2, 0.25) is 0 Å². The molecule has 1 N–H and O–H groups in total. The number of carboxylic acids is 1. The topological polar surface area (TPSA) is 42.2 Å². The Balaban J connectivity index is 2.69. The van der Waals surface area contributed by atoms with E-state index >= 15 is 0 Å². The molecule has 0 aliphatic rings. The van der Waals surface area contributed by atoms with E-state index in [1.165, 1.54) is 16.7 Å². The number of aromatic nitrogens is 1. The zero-order chi connectivity index (χ0) is 14.2. The lowest BCUT2D eigenvalue weighted by molar-refractivity contribution is 0.0685. The molecule has 1 aromatic heterocycles. The van der Waals surface area contributed by atoms with E-state index in [4.69, 9.17) is 5.11 Å². The van der Waals surface area contributed by atoms with Gasteiger partial charge in [-0.15, -0.1) is 0 Å². The molecule has 100 valence electrons. The summed E-state index contributed by atoms with van der Waals surface area (Å²) in [5.74, 6) is -4.62. The quantitative estimate of drug-likeness (QED) is 0.869. The monoisotopic (exact) mass is 269 g/mol. The Morgan fingerprint density at radius 3 is 2.53 bits per heavy atom. The van der Waals surface area contributed by atoms with Crippen LogP contribution in [0.4, 0.5) is 13.2 Å². The van der Waals surface area contributed by atoms with Crippen LogP contribution in [-0.4, -0.2) is 15.6 Å². The van der Waals surface area contributed by atoms with Gasteiger partial charge in [0, 0.05) is 18.2 Å². The molecule has 0 saturated carbocycles. The van der Waals surface area contributed by atoms with Gasteiger partial charge in [0.05, 0.1) is 5.69 Å². The first kappa shape index (κ1) is 13.2. The third-order valence-corrected chi connectivity index (χ3v) is 2.78. The highest BCUT2D eigenvalue weighted by Crippen LogP contribution is 2.28. The van der Waals surface area contributed by atoms with E-state index < -0.39 is 23.4 Å². The number of hydrogen-bond donors (Lipinski definition) is 1. The van der Waals surface area contributed by atoms with E-state index in [9.17, 15) is 18.0 Å². The van der Waals surface area contributed by atoms with Crippen molar-refractivity contribution in [1.29, 1.82) is 0 Å². The molecule has 0 radical (unpaired) electrons. The van der Waals surface area contributed by atoms with Crippen LogP contribution in [0.15, 0.2) is 24.3 Å². The van der Waals surface area contributed by atoms with E-state index in [-0.39, 0.29) is 23.5 Å². The van der Waals surface area contributed by atoms with E-state index in [2.05, 4.69) is 0 Å². The fourth-order valence-electron chi connectivity index (χ4n) is 1.97. The van der Waals surface area contributed by atoms with Crippen LogP contribution in [-0.2, 0) is 6.54 Å².